The van der Waals surface area contributed by atoms with E-state index in [2.05, 4.69) is 105 Å². The van der Waals surface area contributed by atoms with Gasteiger partial charge in [-0.05, 0) is 91.2 Å². The lowest BCUT2D eigenvalue weighted by Gasteiger charge is -2.22. The highest BCUT2D eigenvalue weighted by atomic mass is 14.5. The summed E-state index contributed by atoms with van der Waals surface area (Å²) in [6.45, 7) is 5.07. The van der Waals surface area contributed by atoms with Crippen LogP contribution in [0.5, 0.6) is 0 Å². The lowest BCUT2D eigenvalue weighted by molar-refractivity contribution is 0.660. The molecule has 168 valence electrons. The minimum absolute atomic E-state index is 0.146. The fraction of sp³-hybridized carbons (Fsp3) is 0.121. The maximum absolute atomic E-state index is 9.40. The third-order valence-corrected chi connectivity index (χ3v) is 7.50. The number of hydrogen-bond donors (Lipinski definition) is 1. The van der Waals surface area contributed by atoms with Crippen LogP contribution in [-0.4, -0.2) is 0 Å². The summed E-state index contributed by atoms with van der Waals surface area (Å²) < 4.78 is 0. The first kappa shape index (κ1) is 21.4. The molecule has 0 saturated heterocycles. The molecule has 0 bridgehead atoms. The van der Waals surface area contributed by atoms with E-state index in [9.17, 15) is 5.26 Å². The van der Waals surface area contributed by atoms with Crippen molar-refractivity contribution in [1.82, 2.24) is 0 Å². The van der Waals surface area contributed by atoms with Gasteiger partial charge in [0.2, 0.25) is 0 Å². The van der Waals surface area contributed by atoms with Gasteiger partial charge in [0.25, 0.3) is 0 Å². The summed E-state index contributed by atoms with van der Waals surface area (Å²) in [6.07, 6.45) is 0. The first-order chi connectivity index (χ1) is 17.0. The van der Waals surface area contributed by atoms with Crippen LogP contribution in [0.1, 0.15) is 36.1 Å². The van der Waals surface area contributed by atoms with Crippen molar-refractivity contribution in [3.05, 3.63) is 119 Å². The summed E-state index contributed by atoms with van der Waals surface area (Å²) in [5.74, 6) is 0. The Morgan fingerprint density at radius 1 is 0.629 bits per heavy atom. The summed E-state index contributed by atoms with van der Waals surface area (Å²) in [5, 5.41) is 11.9. The number of benzene rings is 5. The van der Waals surface area contributed by atoms with Crippen molar-refractivity contribution in [1.29, 1.82) is 5.26 Å². The number of nitrogens with zero attached hydrogens (tertiary/aromatic N) is 1. The van der Waals surface area contributed by atoms with E-state index < -0.39 is 0 Å². The zero-order chi connectivity index (χ0) is 24.2. The van der Waals surface area contributed by atoms with Gasteiger partial charge in [0.05, 0.1) is 11.6 Å². The quantitative estimate of drug-likeness (QED) is 0.305. The van der Waals surface area contributed by atoms with Crippen molar-refractivity contribution in [3.63, 3.8) is 0 Å². The van der Waals surface area contributed by atoms with Gasteiger partial charge in [0.15, 0.2) is 0 Å². The smallest absolute Gasteiger partial charge is 0.0991 e. The Morgan fingerprint density at radius 2 is 1.17 bits per heavy atom. The van der Waals surface area contributed by atoms with Crippen LogP contribution < -0.4 is 5.73 Å². The third kappa shape index (κ3) is 3.44. The van der Waals surface area contributed by atoms with Crippen molar-refractivity contribution in [2.45, 2.75) is 25.8 Å². The molecule has 2 nitrogen and oxygen atoms in total. The molecular weight excluding hydrogens is 424 g/mol. The van der Waals surface area contributed by atoms with E-state index in [0.29, 0.717) is 12.1 Å². The number of nitrogens with two attached hydrogens (primary N) is 1. The summed E-state index contributed by atoms with van der Waals surface area (Å²) in [5.41, 5.74) is 17.3. The van der Waals surface area contributed by atoms with Crippen LogP contribution in [0.4, 0.5) is 0 Å². The molecule has 0 radical (unpaired) electrons. The van der Waals surface area contributed by atoms with Gasteiger partial charge < -0.3 is 5.73 Å². The predicted molar refractivity (Wildman–Crippen MR) is 145 cm³/mol. The first-order valence-corrected chi connectivity index (χ1v) is 12.0. The Balaban J connectivity index is 1.42. The van der Waals surface area contributed by atoms with E-state index in [4.69, 9.17) is 5.73 Å². The normalized spacial score (nSPS) is 13.3. The third-order valence-electron chi connectivity index (χ3n) is 7.50. The summed E-state index contributed by atoms with van der Waals surface area (Å²) in [7, 11) is 0. The number of hydrogen-bond acceptors (Lipinski definition) is 2. The highest BCUT2D eigenvalue weighted by Gasteiger charge is 2.35. The Hall–Kier alpha value is -4.19. The molecule has 0 saturated carbocycles. The highest BCUT2D eigenvalue weighted by molar-refractivity contribution is 5.92. The van der Waals surface area contributed by atoms with Crippen molar-refractivity contribution < 1.29 is 0 Å². The summed E-state index contributed by atoms with van der Waals surface area (Å²) in [4.78, 5) is 0. The van der Waals surface area contributed by atoms with E-state index >= 15 is 0 Å². The largest absolute Gasteiger partial charge is 0.326 e. The fourth-order valence-electron chi connectivity index (χ4n) is 5.43. The molecule has 6 rings (SSSR count). The van der Waals surface area contributed by atoms with Crippen LogP contribution in [0, 0.1) is 11.3 Å². The Kier molecular flexibility index (Phi) is 4.85. The maximum Gasteiger partial charge on any atom is 0.0991 e. The minimum atomic E-state index is -0.146. The Bertz CT molecular complexity index is 1650. The van der Waals surface area contributed by atoms with Gasteiger partial charge in [-0.2, -0.15) is 5.26 Å². The molecular formula is C33H26N2. The van der Waals surface area contributed by atoms with Gasteiger partial charge in [0.1, 0.15) is 0 Å². The number of fused-ring (bicyclic) bond motifs is 4. The fourth-order valence-corrected chi connectivity index (χ4v) is 5.43. The van der Waals surface area contributed by atoms with E-state index in [0.717, 1.165) is 5.56 Å². The second-order valence-electron chi connectivity index (χ2n) is 9.94. The molecule has 0 heterocycles. The minimum Gasteiger partial charge on any atom is -0.326 e. The molecule has 0 aromatic heterocycles. The lowest BCUT2D eigenvalue weighted by atomic mass is 9.81. The van der Waals surface area contributed by atoms with Gasteiger partial charge in [-0.15, -0.1) is 0 Å². The molecule has 0 atom stereocenters. The number of nitriles is 1. The van der Waals surface area contributed by atoms with Crippen molar-refractivity contribution in [2.75, 3.05) is 0 Å². The second-order valence-corrected chi connectivity index (χ2v) is 9.94. The highest BCUT2D eigenvalue weighted by Crippen LogP contribution is 2.50. The molecule has 0 spiro atoms. The maximum atomic E-state index is 9.40. The van der Waals surface area contributed by atoms with Crippen molar-refractivity contribution >= 4 is 10.8 Å². The van der Waals surface area contributed by atoms with Crippen LogP contribution in [-0.2, 0) is 12.0 Å². The average molecular weight is 451 g/mol. The summed E-state index contributed by atoms with van der Waals surface area (Å²) >= 11 is 0. The lowest BCUT2D eigenvalue weighted by Crippen LogP contribution is -2.15. The molecule has 0 aliphatic heterocycles. The Morgan fingerprint density at radius 3 is 1.83 bits per heavy atom. The molecule has 0 amide bonds. The molecule has 35 heavy (non-hydrogen) atoms. The molecule has 1 aliphatic carbocycles. The topological polar surface area (TPSA) is 49.8 Å². The van der Waals surface area contributed by atoms with Gasteiger partial charge in [-0.25, -0.2) is 0 Å². The van der Waals surface area contributed by atoms with Gasteiger partial charge in [-0.1, -0.05) is 80.6 Å². The zero-order valence-corrected chi connectivity index (χ0v) is 20.0. The van der Waals surface area contributed by atoms with E-state index in [-0.39, 0.29) is 5.41 Å². The van der Waals surface area contributed by atoms with Gasteiger partial charge in [0, 0.05) is 12.0 Å². The monoisotopic (exact) mass is 450 g/mol. The SMILES string of the molecule is CC1(C)c2cc(C#N)ccc2-c2ccc(-c3ccc4ccc(-c5ccc(CN)cc5)cc4c3)cc21. The van der Waals surface area contributed by atoms with Crippen LogP contribution >= 0.6 is 0 Å². The zero-order valence-electron chi connectivity index (χ0n) is 20.0. The van der Waals surface area contributed by atoms with Crippen molar-refractivity contribution in [2.24, 2.45) is 5.73 Å². The molecule has 0 unspecified atom stereocenters. The molecule has 0 fully saturated rings. The summed E-state index contributed by atoms with van der Waals surface area (Å²) in [6, 6.07) is 37.0. The molecule has 2 heteroatoms. The van der Waals surface area contributed by atoms with Gasteiger partial charge >= 0.3 is 0 Å². The standard InChI is InChI=1S/C33H26N2/c1-33(2)31-15-22(20-35)5-13-29(31)30-14-12-27(18-32(30)33)26-11-9-24-8-10-25(16-28(24)17-26)23-6-3-21(19-34)4-7-23/h3-18H,19,34H2,1-2H3. The van der Waals surface area contributed by atoms with Crippen LogP contribution in [0.2, 0.25) is 0 Å². The number of rotatable bonds is 3. The molecule has 1 aliphatic rings. The molecule has 2 N–H and O–H groups in total. The van der Waals surface area contributed by atoms with Crippen LogP contribution in [0.15, 0.2) is 97.1 Å². The van der Waals surface area contributed by atoms with Crippen LogP contribution in [0.25, 0.3) is 44.2 Å². The van der Waals surface area contributed by atoms with Gasteiger partial charge in [-0.3, -0.25) is 0 Å². The average Bonchev–Trinajstić information content (AvgIpc) is 3.13. The first-order valence-electron chi connectivity index (χ1n) is 12.0. The van der Waals surface area contributed by atoms with E-state index in [1.807, 2.05) is 12.1 Å². The predicted octanol–water partition coefficient (Wildman–Crippen LogP) is 7.81. The second kappa shape index (κ2) is 7.94. The van der Waals surface area contributed by atoms with Crippen LogP contribution in [0.3, 0.4) is 0 Å². The molecule has 5 aromatic carbocycles. The van der Waals surface area contributed by atoms with E-state index in [1.54, 1.807) is 0 Å². The Labute approximate surface area is 206 Å². The van der Waals surface area contributed by atoms with E-state index in [1.165, 1.54) is 55.3 Å². The van der Waals surface area contributed by atoms with Crippen molar-refractivity contribution in [3.8, 4) is 39.4 Å². The molecule has 5 aromatic rings.